The maximum Gasteiger partial charge on any atom is 0.248 e. The van der Waals surface area contributed by atoms with Crippen LogP contribution in [0.3, 0.4) is 0 Å². The van der Waals surface area contributed by atoms with Gasteiger partial charge in [0, 0.05) is 19.7 Å². The van der Waals surface area contributed by atoms with Gasteiger partial charge >= 0.3 is 0 Å². The number of carbonyl (C=O) groups is 1. The van der Waals surface area contributed by atoms with E-state index in [4.69, 9.17) is 9.84 Å². The Morgan fingerprint density at radius 1 is 1.33 bits per heavy atom. The first kappa shape index (κ1) is 13.1. The van der Waals surface area contributed by atoms with Gasteiger partial charge in [-0.2, -0.15) is 0 Å². The normalized spacial score (nSPS) is 20.2. The largest absolute Gasteiger partial charge is 0.396 e. The van der Waals surface area contributed by atoms with Crippen molar-refractivity contribution >= 4 is 5.91 Å². The molecule has 1 fully saturated rings. The van der Waals surface area contributed by atoms with Gasteiger partial charge in [-0.1, -0.05) is 30.3 Å². The van der Waals surface area contributed by atoms with Gasteiger partial charge in [-0.15, -0.1) is 0 Å². The highest BCUT2D eigenvalue weighted by Crippen LogP contribution is 2.10. The number of rotatable bonds is 5. The van der Waals surface area contributed by atoms with E-state index in [-0.39, 0.29) is 25.2 Å². The Labute approximate surface area is 107 Å². The summed E-state index contributed by atoms with van der Waals surface area (Å²) in [5.41, 5.74) is 1.23. The predicted molar refractivity (Wildman–Crippen MR) is 68.2 cm³/mol. The summed E-state index contributed by atoms with van der Waals surface area (Å²) in [5.74, 6) is 0.0418. The molecule has 4 nitrogen and oxygen atoms in total. The van der Waals surface area contributed by atoms with E-state index in [0.29, 0.717) is 19.5 Å². The summed E-state index contributed by atoms with van der Waals surface area (Å²) in [7, 11) is 0. The lowest BCUT2D eigenvalue weighted by Crippen LogP contribution is -2.47. The Hall–Kier alpha value is -1.39. The van der Waals surface area contributed by atoms with Crippen molar-refractivity contribution in [3.8, 4) is 0 Å². The molecule has 1 aromatic carbocycles. The van der Waals surface area contributed by atoms with Crippen LogP contribution in [-0.4, -0.2) is 48.3 Å². The molecule has 0 aliphatic carbocycles. The third-order valence-electron chi connectivity index (χ3n) is 3.18. The van der Waals surface area contributed by atoms with E-state index in [1.807, 2.05) is 23.1 Å². The van der Waals surface area contributed by atoms with E-state index in [1.165, 1.54) is 5.56 Å². The first-order valence-electron chi connectivity index (χ1n) is 6.34. The van der Waals surface area contributed by atoms with Crippen LogP contribution in [0, 0.1) is 0 Å². The van der Waals surface area contributed by atoms with E-state index in [0.717, 1.165) is 6.42 Å². The predicted octanol–water partition coefficient (Wildman–Crippen LogP) is 0.839. The summed E-state index contributed by atoms with van der Waals surface area (Å²) >= 11 is 0. The van der Waals surface area contributed by atoms with Gasteiger partial charge in [-0.3, -0.25) is 4.79 Å². The molecule has 1 aliphatic rings. The Morgan fingerprint density at radius 2 is 2.11 bits per heavy atom. The highest BCUT2D eigenvalue weighted by atomic mass is 16.5. The van der Waals surface area contributed by atoms with Crippen molar-refractivity contribution < 1.29 is 14.6 Å². The van der Waals surface area contributed by atoms with Crippen molar-refractivity contribution in [2.24, 2.45) is 0 Å². The molecule has 0 aromatic heterocycles. The van der Waals surface area contributed by atoms with Crippen LogP contribution in [0.25, 0.3) is 0 Å². The van der Waals surface area contributed by atoms with Crippen LogP contribution in [-0.2, 0) is 16.0 Å². The molecule has 0 spiro atoms. The van der Waals surface area contributed by atoms with Gasteiger partial charge in [-0.05, 0) is 18.4 Å². The molecule has 1 amide bonds. The number of nitrogens with zero attached hydrogens (tertiary/aromatic N) is 1. The van der Waals surface area contributed by atoms with E-state index in [9.17, 15) is 4.79 Å². The maximum atomic E-state index is 11.7. The highest BCUT2D eigenvalue weighted by Gasteiger charge is 2.25. The summed E-state index contributed by atoms with van der Waals surface area (Å²) in [6.45, 7) is 1.55. The van der Waals surface area contributed by atoms with Crippen molar-refractivity contribution in [1.29, 1.82) is 0 Å². The Morgan fingerprint density at radius 3 is 2.83 bits per heavy atom. The van der Waals surface area contributed by atoms with Crippen LogP contribution >= 0.6 is 0 Å². The zero-order valence-corrected chi connectivity index (χ0v) is 10.4. The number of carbonyl (C=O) groups excluding carboxylic acids is 1. The summed E-state index contributed by atoms with van der Waals surface area (Å²) in [4.78, 5) is 13.5. The van der Waals surface area contributed by atoms with Gasteiger partial charge in [0.25, 0.3) is 0 Å². The van der Waals surface area contributed by atoms with Gasteiger partial charge in [0.15, 0.2) is 0 Å². The van der Waals surface area contributed by atoms with Crippen LogP contribution in [0.4, 0.5) is 0 Å². The SMILES string of the molecule is O=C1COC(CCO)CN1CCc1ccccc1. The number of benzene rings is 1. The molecule has 0 radical (unpaired) electrons. The molecular formula is C14H19NO3. The fraction of sp³-hybridized carbons (Fsp3) is 0.500. The molecule has 1 atom stereocenters. The number of ether oxygens (including phenoxy) is 1. The maximum absolute atomic E-state index is 11.7. The smallest absolute Gasteiger partial charge is 0.248 e. The third kappa shape index (κ3) is 3.55. The van der Waals surface area contributed by atoms with Crippen LogP contribution in [0.2, 0.25) is 0 Å². The second-order valence-electron chi connectivity index (χ2n) is 4.52. The van der Waals surface area contributed by atoms with Crippen LogP contribution in [0.1, 0.15) is 12.0 Å². The van der Waals surface area contributed by atoms with E-state index in [2.05, 4.69) is 12.1 Å². The van der Waals surface area contributed by atoms with Crippen molar-refractivity contribution in [2.45, 2.75) is 18.9 Å². The molecule has 0 saturated carbocycles. The number of hydrogen-bond donors (Lipinski definition) is 1. The lowest BCUT2D eigenvalue weighted by molar-refractivity contribution is -0.149. The monoisotopic (exact) mass is 249 g/mol. The minimum absolute atomic E-state index is 0.0246. The number of hydrogen-bond acceptors (Lipinski definition) is 3. The highest BCUT2D eigenvalue weighted by molar-refractivity contribution is 5.78. The topological polar surface area (TPSA) is 49.8 Å². The molecule has 18 heavy (non-hydrogen) atoms. The van der Waals surface area contributed by atoms with Crippen LogP contribution in [0.5, 0.6) is 0 Å². The minimum atomic E-state index is -0.0246. The summed E-state index contributed by atoms with van der Waals surface area (Å²) in [6, 6.07) is 10.1. The molecule has 1 aliphatic heterocycles. The average Bonchev–Trinajstić information content (AvgIpc) is 2.41. The second kappa shape index (κ2) is 6.52. The molecule has 1 heterocycles. The van der Waals surface area contributed by atoms with E-state index < -0.39 is 0 Å². The van der Waals surface area contributed by atoms with Gasteiger partial charge in [0.1, 0.15) is 6.61 Å². The summed E-state index contributed by atoms with van der Waals surface area (Å²) in [5, 5.41) is 8.90. The number of amides is 1. The van der Waals surface area contributed by atoms with Crippen molar-refractivity contribution in [2.75, 3.05) is 26.3 Å². The van der Waals surface area contributed by atoms with Crippen molar-refractivity contribution in [1.82, 2.24) is 4.90 Å². The van der Waals surface area contributed by atoms with Crippen LogP contribution in [0.15, 0.2) is 30.3 Å². The van der Waals surface area contributed by atoms with Gasteiger partial charge in [0.05, 0.1) is 6.10 Å². The third-order valence-corrected chi connectivity index (χ3v) is 3.18. The lowest BCUT2D eigenvalue weighted by atomic mass is 10.1. The average molecular weight is 249 g/mol. The quantitative estimate of drug-likeness (QED) is 0.841. The van der Waals surface area contributed by atoms with Crippen molar-refractivity contribution in [3.63, 3.8) is 0 Å². The fourth-order valence-electron chi connectivity index (χ4n) is 2.12. The summed E-state index contributed by atoms with van der Waals surface area (Å²) in [6.07, 6.45) is 1.43. The number of aliphatic hydroxyl groups excluding tert-OH is 1. The molecule has 0 bridgehead atoms. The lowest BCUT2D eigenvalue weighted by Gasteiger charge is -2.32. The number of aliphatic hydroxyl groups is 1. The molecule has 1 saturated heterocycles. The van der Waals surface area contributed by atoms with Crippen molar-refractivity contribution in [3.05, 3.63) is 35.9 Å². The van der Waals surface area contributed by atoms with Gasteiger partial charge < -0.3 is 14.7 Å². The number of morpholine rings is 1. The van der Waals surface area contributed by atoms with Gasteiger partial charge in [0.2, 0.25) is 5.91 Å². The van der Waals surface area contributed by atoms with Crippen LogP contribution < -0.4 is 0 Å². The molecule has 1 aromatic rings. The zero-order valence-electron chi connectivity index (χ0n) is 10.4. The second-order valence-corrected chi connectivity index (χ2v) is 4.52. The molecule has 1 N–H and O–H groups in total. The molecular weight excluding hydrogens is 230 g/mol. The molecule has 4 heteroatoms. The first-order valence-corrected chi connectivity index (χ1v) is 6.34. The van der Waals surface area contributed by atoms with E-state index >= 15 is 0 Å². The first-order chi connectivity index (χ1) is 8.79. The fourth-order valence-corrected chi connectivity index (χ4v) is 2.12. The zero-order chi connectivity index (χ0) is 12.8. The Balaban J connectivity index is 1.85. The minimum Gasteiger partial charge on any atom is -0.396 e. The molecule has 98 valence electrons. The van der Waals surface area contributed by atoms with E-state index in [1.54, 1.807) is 0 Å². The molecule has 1 unspecified atom stereocenters. The summed E-state index contributed by atoms with van der Waals surface area (Å²) < 4.78 is 5.36. The standard InChI is InChI=1S/C14H19NO3/c16-9-7-13-10-15(14(17)11-18-13)8-6-12-4-2-1-3-5-12/h1-5,13,16H,6-11H2. The Kier molecular flexibility index (Phi) is 4.73. The van der Waals surface area contributed by atoms with Gasteiger partial charge in [-0.25, -0.2) is 0 Å². The Bertz CT molecular complexity index is 380. The molecule has 2 rings (SSSR count).